The van der Waals surface area contributed by atoms with Gasteiger partial charge in [-0.15, -0.1) is 0 Å². The molecule has 142 valence electrons. The van der Waals surface area contributed by atoms with Crippen LogP contribution in [-0.2, 0) is 4.79 Å². The minimum atomic E-state index is -0.124. The Bertz CT molecular complexity index is 852. The summed E-state index contributed by atoms with van der Waals surface area (Å²) in [4.78, 5) is 26.6. The molecule has 3 rings (SSSR count). The first-order valence-electron chi connectivity index (χ1n) is 8.89. The highest BCUT2D eigenvalue weighted by atomic mass is 35.5. The predicted molar refractivity (Wildman–Crippen MR) is 104 cm³/mol. The number of hydrogen-bond acceptors (Lipinski definition) is 4. The Morgan fingerprint density at radius 1 is 1.07 bits per heavy atom. The second-order valence-corrected chi connectivity index (χ2v) is 6.95. The Morgan fingerprint density at radius 3 is 2.56 bits per heavy atom. The molecule has 27 heavy (non-hydrogen) atoms. The summed E-state index contributed by atoms with van der Waals surface area (Å²) < 4.78 is 11.0. The predicted octanol–water partition coefficient (Wildman–Crippen LogP) is 4.29. The maximum absolute atomic E-state index is 12.5. The fraction of sp³-hybridized carbons (Fsp3) is 0.333. The Morgan fingerprint density at radius 2 is 1.81 bits per heavy atom. The number of carbonyl (C=O) groups is 2. The van der Waals surface area contributed by atoms with Crippen LogP contribution in [0.25, 0.3) is 0 Å². The molecule has 0 bridgehead atoms. The fourth-order valence-corrected chi connectivity index (χ4v) is 3.16. The van der Waals surface area contributed by atoms with Gasteiger partial charge in [-0.2, -0.15) is 0 Å². The van der Waals surface area contributed by atoms with Gasteiger partial charge in [0.05, 0.1) is 6.04 Å². The molecule has 0 fully saturated rings. The van der Waals surface area contributed by atoms with Gasteiger partial charge in [0.2, 0.25) is 5.91 Å². The van der Waals surface area contributed by atoms with E-state index in [1.54, 1.807) is 36.2 Å². The SMILES string of the molecule is CC(c1cccc(Cl)c1)N(C)C(=O)CCC(=O)c1ccc2c(c1)OCCO2. The molecular weight excluding hydrogens is 366 g/mol. The molecule has 0 spiro atoms. The van der Waals surface area contributed by atoms with Crippen molar-refractivity contribution in [1.29, 1.82) is 0 Å². The molecule has 2 aromatic rings. The Labute approximate surface area is 163 Å². The summed E-state index contributed by atoms with van der Waals surface area (Å²) in [5.74, 6) is 1.03. The molecule has 1 atom stereocenters. The third-order valence-corrected chi connectivity index (χ3v) is 4.97. The maximum atomic E-state index is 12.5. The van der Waals surface area contributed by atoms with Crippen molar-refractivity contribution in [3.05, 3.63) is 58.6 Å². The Hall–Kier alpha value is -2.53. The van der Waals surface area contributed by atoms with E-state index in [1.165, 1.54) is 0 Å². The van der Waals surface area contributed by atoms with Crippen LogP contribution < -0.4 is 9.47 Å². The molecule has 1 amide bonds. The molecule has 5 nitrogen and oxygen atoms in total. The normalized spacial score (nSPS) is 13.7. The third-order valence-electron chi connectivity index (χ3n) is 4.74. The van der Waals surface area contributed by atoms with Crippen LogP contribution in [0.4, 0.5) is 0 Å². The number of benzene rings is 2. The first-order valence-corrected chi connectivity index (χ1v) is 9.27. The van der Waals surface area contributed by atoms with Crippen LogP contribution >= 0.6 is 11.6 Å². The van der Waals surface area contributed by atoms with E-state index in [4.69, 9.17) is 21.1 Å². The van der Waals surface area contributed by atoms with Crippen molar-refractivity contribution in [3.8, 4) is 11.5 Å². The molecule has 0 saturated heterocycles. The first-order chi connectivity index (χ1) is 13.0. The zero-order valence-corrected chi connectivity index (χ0v) is 16.2. The molecule has 1 unspecified atom stereocenters. The monoisotopic (exact) mass is 387 g/mol. The van der Waals surface area contributed by atoms with Crippen LogP contribution in [0.2, 0.25) is 5.02 Å². The van der Waals surface area contributed by atoms with Crippen LogP contribution in [-0.4, -0.2) is 36.9 Å². The van der Waals surface area contributed by atoms with E-state index in [-0.39, 0.29) is 30.6 Å². The van der Waals surface area contributed by atoms with E-state index in [0.29, 0.717) is 35.3 Å². The summed E-state index contributed by atoms with van der Waals surface area (Å²) in [6.45, 7) is 2.91. The fourth-order valence-electron chi connectivity index (χ4n) is 2.96. The topological polar surface area (TPSA) is 55.8 Å². The lowest BCUT2D eigenvalue weighted by Gasteiger charge is -2.25. The van der Waals surface area contributed by atoms with Gasteiger partial charge in [-0.1, -0.05) is 23.7 Å². The van der Waals surface area contributed by atoms with E-state index in [1.807, 2.05) is 25.1 Å². The van der Waals surface area contributed by atoms with E-state index >= 15 is 0 Å². The third kappa shape index (κ3) is 4.61. The van der Waals surface area contributed by atoms with Crippen LogP contribution in [0, 0.1) is 0 Å². The molecule has 2 aromatic carbocycles. The van der Waals surface area contributed by atoms with Crippen LogP contribution in [0.1, 0.15) is 41.7 Å². The van der Waals surface area contributed by atoms with Crippen LogP contribution in [0.5, 0.6) is 11.5 Å². The van der Waals surface area contributed by atoms with Gasteiger partial charge >= 0.3 is 0 Å². The second kappa shape index (κ2) is 8.44. The highest BCUT2D eigenvalue weighted by molar-refractivity contribution is 6.30. The zero-order chi connectivity index (χ0) is 19.4. The molecule has 0 N–H and O–H groups in total. The standard InChI is InChI=1S/C21H22ClNO4/c1-14(15-4-3-5-17(22)12-15)23(2)21(25)9-7-18(24)16-6-8-19-20(13-16)27-11-10-26-19/h3-6,8,12-14H,7,9-11H2,1-2H3. The lowest BCUT2D eigenvalue weighted by Crippen LogP contribution is -2.29. The number of ether oxygens (including phenoxy) is 2. The van der Waals surface area contributed by atoms with Gasteiger partial charge in [-0.3, -0.25) is 9.59 Å². The Kier molecular flexibility index (Phi) is 6.01. The number of hydrogen-bond donors (Lipinski definition) is 0. The highest BCUT2D eigenvalue weighted by Crippen LogP contribution is 2.31. The van der Waals surface area contributed by atoms with E-state index in [9.17, 15) is 9.59 Å². The lowest BCUT2D eigenvalue weighted by atomic mass is 10.0. The molecule has 1 heterocycles. The lowest BCUT2D eigenvalue weighted by molar-refractivity contribution is -0.131. The van der Waals surface area contributed by atoms with E-state index in [0.717, 1.165) is 5.56 Å². The van der Waals surface area contributed by atoms with E-state index in [2.05, 4.69) is 0 Å². The highest BCUT2D eigenvalue weighted by Gasteiger charge is 2.20. The number of rotatable bonds is 6. The number of halogens is 1. The molecule has 6 heteroatoms. The number of amides is 1. The van der Waals surface area contributed by atoms with Crippen molar-refractivity contribution in [1.82, 2.24) is 4.90 Å². The van der Waals surface area contributed by atoms with E-state index < -0.39 is 0 Å². The second-order valence-electron chi connectivity index (χ2n) is 6.52. The smallest absolute Gasteiger partial charge is 0.223 e. The summed E-state index contributed by atoms with van der Waals surface area (Å²) in [6, 6.07) is 12.4. The average Bonchev–Trinajstić information content (AvgIpc) is 2.70. The summed E-state index contributed by atoms with van der Waals surface area (Å²) >= 11 is 6.03. The van der Waals surface area contributed by atoms with Crippen molar-refractivity contribution >= 4 is 23.3 Å². The van der Waals surface area contributed by atoms with Crippen LogP contribution in [0.3, 0.4) is 0 Å². The number of nitrogens with zero attached hydrogens (tertiary/aromatic N) is 1. The van der Waals surface area contributed by atoms with Crippen molar-refractivity contribution < 1.29 is 19.1 Å². The molecule has 1 aliphatic rings. The minimum Gasteiger partial charge on any atom is -0.486 e. The van der Waals surface area contributed by atoms with Gasteiger partial charge in [0.1, 0.15) is 13.2 Å². The summed E-state index contributed by atoms with van der Waals surface area (Å²) in [5.41, 5.74) is 1.48. The van der Waals surface area contributed by atoms with Gasteiger partial charge in [-0.05, 0) is 42.8 Å². The minimum absolute atomic E-state index is 0.0895. The van der Waals surface area contributed by atoms with Crippen molar-refractivity contribution in [2.75, 3.05) is 20.3 Å². The zero-order valence-electron chi connectivity index (χ0n) is 15.4. The molecule has 1 aliphatic heterocycles. The van der Waals surface area contributed by atoms with Crippen molar-refractivity contribution in [2.45, 2.75) is 25.8 Å². The van der Waals surface area contributed by atoms with Gasteiger partial charge in [0, 0.05) is 30.5 Å². The summed E-state index contributed by atoms with van der Waals surface area (Å²) in [5, 5.41) is 0.633. The number of ketones is 1. The summed E-state index contributed by atoms with van der Waals surface area (Å²) in [6.07, 6.45) is 0.291. The molecule has 0 aromatic heterocycles. The van der Waals surface area contributed by atoms with Crippen molar-refractivity contribution in [2.24, 2.45) is 0 Å². The first kappa shape index (κ1) is 19.2. The summed E-state index contributed by atoms with van der Waals surface area (Å²) in [7, 11) is 1.74. The largest absolute Gasteiger partial charge is 0.486 e. The molecular formula is C21H22ClNO4. The Balaban J connectivity index is 1.58. The van der Waals surface area contributed by atoms with Gasteiger partial charge < -0.3 is 14.4 Å². The number of carbonyl (C=O) groups excluding carboxylic acids is 2. The van der Waals surface area contributed by atoms with Gasteiger partial charge in [-0.25, -0.2) is 0 Å². The molecule has 0 saturated carbocycles. The molecule has 0 aliphatic carbocycles. The van der Waals surface area contributed by atoms with Crippen molar-refractivity contribution in [3.63, 3.8) is 0 Å². The number of fused-ring (bicyclic) bond motifs is 1. The van der Waals surface area contributed by atoms with Crippen LogP contribution in [0.15, 0.2) is 42.5 Å². The van der Waals surface area contributed by atoms with Gasteiger partial charge in [0.15, 0.2) is 17.3 Å². The quantitative estimate of drug-likeness (QED) is 0.693. The maximum Gasteiger partial charge on any atom is 0.223 e. The average molecular weight is 388 g/mol. The van der Waals surface area contributed by atoms with Gasteiger partial charge in [0.25, 0.3) is 0 Å². The molecule has 0 radical (unpaired) electrons. The number of Topliss-reactive ketones (excluding diaryl/α,β-unsaturated/α-hetero) is 1.